The smallest absolute Gasteiger partial charge is 0.224 e. The standard InChI is InChI=1S/C16H26N2O2/c1-5-16(3,4)20-10-6-7-15(19)18-14-9-8-13(17)11-12(14)2/h8-9,11H,5-7,10,17H2,1-4H3,(H,18,19). The molecule has 0 saturated carbocycles. The first-order chi connectivity index (χ1) is 9.34. The Kier molecular flexibility index (Phi) is 6.02. The number of nitrogens with two attached hydrogens (primary N) is 1. The van der Waals surface area contributed by atoms with Crippen LogP contribution in [0.5, 0.6) is 0 Å². The van der Waals surface area contributed by atoms with Gasteiger partial charge >= 0.3 is 0 Å². The molecule has 1 amide bonds. The van der Waals surface area contributed by atoms with E-state index in [1.165, 1.54) is 0 Å². The minimum absolute atomic E-state index is 0.00998. The van der Waals surface area contributed by atoms with Crippen molar-refractivity contribution in [3.05, 3.63) is 23.8 Å². The average molecular weight is 278 g/mol. The molecule has 0 saturated heterocycles. The lowest BCUT2D eigenvalue weighted by Gasteiger charge is -2.23. The van der Waals surface area contributed by atoms with Crippen LogP contribution in [0.4, 0.5) is 11.4 Å². The van der Waals surface area contributed by atoms with Crippen LogP contribution in [-0.2, 0) is 9.53 Å². The Morgan fingerprint density at radius 3 is 2.70 bits per heavy atom. The lowest BCUT2D eigenvalue weighted by atomic mass is 10.1. The van der Waals surface area contributed by atoms with Crippen LogP contribution in [0.2, 0.25) is 0 Å². The average Bonchev–Trinajstić information content (AvgIpc) is 2.38. The van der Waals surface area contributed by atoms with Crippen LogP contribution in [0.15, 0.2) is 18.2 Å². The number of amides is 1. The van der Waals surface area contributed by atoms with E-state index in [1.54, 1.807) is 6.07 Å². The predicted octanol–water partition coefficient (Wildman–Crippen LogP) is 3.50. The fourth-order valence-corrected chi connectivity index (χ4v) is 1.72. The molecule has 0 fully saturated rings. The largest absolute Gasteiger partial charge is 0.399 e. The second kappa shape index (κ2) is 7.29. The predicted molar refractivity (Wildman–Crippen MR) is 83.8 cm³/mol. The molecule has 0 aliphatic carbocycles. The molecule has 0 aliphatic rings. The number of rotatable bonds is 7. The highest BCUT2D eigenvalue weighted by molar-refractivity contribution is 5.91. The van der Waals surface area contributed by atoms with E-state index in [1.807, 2.05) is 19.1 Å². The SMILES string of the molecule is CCC(C)(C)OCCCC(=O)Nc1ccc(N)cc1C. The first-order valence-electron chi connectivity index (χ1n) is 7.14. The van der Waals surface area contributed by atoms with E-state index in [-0.39, 0.29) is 11.5 Å². The van der Waals surface area contributed by atoms with E-state index in [9.17, 15) is 4.79 Å². The Hall–Kier alpha value is -1.55. The summed E-state index contributed by atoms with van der Waals surface area (Å²) >= 11 is 0. The van der Waals surface area contributed by atoms with Crippen molar-refractivity contribution in [1.82, 2.24) is 0 Å². The Labute approximate surface area is 121 Å². The van der Waals surface area contributed by atoms with E-state index >= 15 is 0 Å². The maximum Gasteiger partial charge on any atom is 0.224 e. The molecule has 1 aromatic rings. The van der Waals surface area contributed by atoms with Gasteiger partial charge < -0.3 is 15.8 Å². The summed E-state index contributed by atoms with van der Waals surface area (Å²) in [7, 11) is 0. The van der Waals surface area contributed by atoms with Crippen molar-refractivity contribution >= 4 is 17.3 Å². The highest BCUT2D eigenvalue weighted by Gasteiger charge is 2.14. The van der Waals surface area contributed by atoms with Crippen molar-refractivity contribution in [2.75, 3.05) is 17.7 Å². The first-order valence-corrected chi connectivity index (χ1v) is 7.14. The van der Waals surface area contributed by atoms with Crippen LogP contribution < -0.4 is 11.1 Å². The molecule has 3 N–H and O–H groups in total. The second-order valence-corrected chi connectivity index (χ2v) is 5.69. The van der Waals surface area contributed by atoms with E-state index in [0.29, 0.717) is 18.7 Å². The normalized spacial score (nSPS) is 11.4. The Bertz CT molecular complexity index is 456. The van der Waals surface area contributed by atoms with Gasteiger partial charge in [0.1, 0.15) is 0 Å². The number of hydrogen-bond acceptors (Lipinski definition) is 3. The molecule has 0 bridgehead atoms. The third-order valence-electron chi connectivity index (χ3n) is 3.42. The van der Waals surface area contributed by atoms with Crippen LogP contribution in [-0.4, -0.2) is 18.1 Å². The summed E-state index contributed by atoms with van der Waals surface area (Å²) in [4.78, 5) is 11.8. The molecule has 1 rings (SSSR count). The zero-order chi connectivity index (χ0) is 15.2. The molecule has 0 atom stereocenters. The molecule has 0 aliphatic heterocycles. The Morgan fingerprint density at radius 2 is 2.10 bits per heavy atom. The van der Waals surface area contributed by atoms with Crippen molar-refractivity contribution in [1.29, 1.82) is 0 Å². The summed E-state index contributed by atoms with van der Waals surface area (Å²) in [6.07, 6.45) is 2.15. The molecule has 0 heterocycles. The second-order valence-electron chi connectivity index (χ2n) is 5.69. The molecule has 0 spiro atoms. The number of nitrogens with one attached hydrogen (secondary N) is 1. The van der Waals surface area contributed by atoms with Gasteiger partial charge in [-0.3, -0.25) is 4.79 Å². The summed E-state index contributed by atoms with van der Waals surface area (Å²) in [5, 5.41) is 2.90. The zero-order valence-corrected chi connectivity index (χ0v) is 13.0. The monoisotopic (exact) mass is 278 g/mol. The van der Waals surface area contributed by atoms with E-state index < -0.39 is 0 Å². The summed E-state index contributed by atoms with van der Waals surface area (Å²) in [5.74, 6) is 0.00998. The molecule has 112 valence electrons. The summed E-state index contributed by atoms with van der Waals surface area (Å²) in [6.45, 7) is 8.75. The van der Waals surface area contributed by atoms with Crippen molar-refractivity contribution in [3.8, 4) is 0 Å². The number of carbonyl (C=O) groups is 1. The number of benzene rings is 1. The Morgan fingerprint density at radius 1 is 1.40 bits per heavy atom. The topological polar surface area (TPSA) is 64.3 Å². The molecular formula is C16H26N2O2. The quantitative estimate of drug-likeness (QED) is 0.592. The fraction of sp³-hybridized carbons (Fsp3) is 0.562. The number of hydrogen-bond donors (Lipinski definition) is 2. The van der Waals surface area contributed by atoms with Gasteiger partial charge in [0.15, 0.2) is 0 Å². The zero-order valence-electron chi connectivity index (χ0n) is 13.0. The third-order valence-corrected chi connectivity index (χ3v) is 3.42. The van der Waals surface area contributed by atoms with Crippen LogP contribution in [0.3, 0.4) is 0 Å². The molecular weight excluding hydrogens is 252 g/mol. The minimum Gasteiger partial charge on any atom is -0.399 e. The fourth-order valence-electron chi connectivity index (χ4n) is 1.72. The molecule has 0 radical (unpaired) electrons. The molecule has 20 heavy (non-hydrogen) atoms. The van der Waals surface area contributed by atoms with Gasteiger partial charge in [-0.15, -0.1) is 0 Å². The highest BCUT2D eigenvalue weighted by atomic mass is 16.5. The van der Waals surface area contributed by atoms with Crippen LogP contribution in [0.1, 0.15) is 45.6 Å². The third kappa shape index (κ3) is 5.61. The molecule has 0 unspecified atom stereocenters. The van der Waals surface area contributed by atoms with Crippen molar-refractivity contribution in [3.63, 3.8) is 0 Å². The van der Waals surface area contributed by atoms with Gasteiger partial charge in [0.05, 0.1) is 5.60 Å². The summed E-state index contributed by atoms with van der Waals surface area (Å²) < 4.78 is 5.72. The van der Waals surface area contributed by atoms with Gasteiger partial charge in [0, 0.05) is 24.4 Å². The van der Waals surface area contributed by atoms with Crippen molar-refractivity contribution in [2.45, 2.75) is 52.6 Å². The summed E-state index contributed by atoms with van der Waals surface area (Å²) in [5.41, 5.74) is 8.07. The van der Waals surface area contributed by atoms with Gasteiger partial charge in [-0.2, -0.15) is 0 Å². The lowest BCUT2D eigenvalue weighted by molar-refractivity contribution is -0.117. The minimum atomic E-state index is -0.107. The molecule has 1 aromatic carbocycles. The summed E-state index contributed by atoms with van der Waals surface area (Å²) in [6, 6.07) is 5.47. The van der Waals surface area contributed by atoms with Crippen LogP contribution >= 0.6 is 0 Å². The van der Waals surface area contributed by atoms with Crippen molar-refractivity contribution in [2.24, 2.45) is 0 Å². The number of anilines is 2. The van der Waals surface area contributed by atoms with Gasteiger partial charge in [0.25, 0.3) is 0 Å². The van der Waals surface area contributed by atoms with E-state index in [4.69, 9.17) is 10.5 Å². The van der Waals surface area contributed by atoms with E-state index in [0.717, 1.165) is 24.1 Å². The maximum absolute atomic E-state index is 11.8. The van der Waals surface area contributed by atoms with E-state index in [2.05, 4.69) is 26.1 Å². The molecule has 4 heteroatoms. The van der Waals surface area contributed by atoms with Crippen LogP contribution in [0, 0.1) is 6.92 Å². The molecule has 0 aromatic heterocycles. The lowest BCUT2D eigenvalue weighted by Crippen LogP contribution is -2.24. The molecule has 4 nitrogen and oxygen atoms in total. The van der Waals surface area contributed by atoms with Crippen LogP contribution in [0.25, 0.3) is 0 Å². The number of carbonyl (C=O) groups excluding carboxylic acids is 1. The Balaban J connectivity index is 2.34. The first kappa shape index (κ1) is 16.5. The van der Waals surface area contributed by atoms with Gasteiger partial charge in [-0.25, -0.2) is 0 Å². The number of nitrogen functional groups attached to an aromatic ring is 1. The maximum atomic E-state index is 11.8. The van der Waals surface area contributed by atoms with Crippen molar-refractivity contribution < 1.29 is 9.53 Å². The van der Waals surface area contributed by atoms with Gasteiger partial charge in [0.2, 0.25) is 5.91 Å². The number of ether oxygens (including phenoxy) is 1. The highest BCUT2D eigenvalue weighted by Crippen LogP contribution is 2.18. The number of aryl methyl sites for hydroxylation is 1. The van der Waals surface area contributed by atoms with Gasteiger partial charge in [-0.05, 0) is 57.4 Å². The van der Waals surface area contributed by atoms with Gasteiger partial charge in [-0.1, -0.05) is 6.92 Å².